The van der Waals surface area contributed by atoms with Crippen LogP contribution in [0.2, 0.25) is 5.02 Å². The van der Waals surface area contributed by atoms with Crippen LogP contribution >= 0.6 is 11.6 Å². The highest BCUT2D eigenvalue weighted by Crippen LogP contribution is 2.43. The highest BCUT2D eigenvalue weighted by Gasteiger charge is 2.36. The van der Waals surface area contributed by atoms with Gasteiger partial charge in [-0.3, -0.25) is 9.59 Å². The van der Waals surface area contributed by atoms with Gasteiger partial charge >= 0.3 is 5.97 Å². The Morgan fingerprint density at radius 3 is 2.69 bits per heavy atom. The fraction of sp³-hybridized carbons (Fsp3) is 0.429. The van der Waals surface area contributed by atoms with Crippen LogP contribution < -0.4 is 5.43 Å². The molecule has 1 fully saturated rings. The third kappa shape index (κ3) is 5.52. The first-order valence-corrected chi connectivity index (χ1v) is 12.8. The largest absolute Gasteiger partial charge is 0.507 e. The van der Waals surface area contributed by atoms with Crippen molar-refractivity contribution >= 4 is 28.5 Å². The summed E-state index contributed by atoms with van der Waals surface area (Å²) in [5.74, 6) is -1.06. The standard InChI is InChI=1S/C28H32ClNO6/c1-3-4-5-6-11-25(34)35-24-16-30(2)13-12-18(24)26-20(31)14-21(32)27-22(33)15-23(36-28(26)27)17-9-7-8-10-19(17)29/h7-10,14-15,18,24,31-32H,3-6,11-13,16H2,1-2H3/t18-,24+/m0/s1. The van der Waals surface area contributed by atoms with Crippen LogP contribution in [-0.4, -0.2) is 47.3 Å². The molecule has 0 radical (unpaired) electrons. The van der Waals surface area contributed by atoms with Crippen molar-refractivity contribution in [2.45, 2.75) is 57.5 Å². The number of carbonyl (C=O) groups is 1. The maximum absolute atomic E-state index is 13.1. The lowest BCUT2D eigenvalue weighted by molar-refractivity contribution is -0.152. The number of aromatic hydroxyl groups is 2. The molecule has 7 nitrogen and oxygen atoms in total. The van der Waals surface area contributed by atoms with E-state index >= 15 is 0 Å². The second kappa shape index (κ2) is 11.4. The Morgan fingerprint density at radius 1 is 1.17 bits per heavy atom. The summed E-state index contributed by atoms with van der Waals surface area (Å²) in [7, 11) is 1.95. The molecule has 0 spiro atoms. The highest BCUT2D eigenvalue weighted by atomic mass is 35.5. The zero-order chi connectivity index (χ0) is 25.8. The summed E-state index contributed by atoms with van der Waals surface area (Å²) in [6.07, 6.45) is 4.25. The Balaban J connectivity index is 1.77. The molecule has 1 aromatic heterocycles. The Hall–Kier alpha value is -3.03. The molecule has 1 saturated heterocycles. The van der Waals surface area contributed by atoms with Crippen LogP contribution in [0, 0.1) is 0 Å². The van der Waals surface area contributed by atoms with Gasteiger partial charge in [0.2, 0.25) is 0 Å². The molecule has 2 heterocycles. The minimum Gasteiger partial charge on any atom is -0.507 e. The molecule has 8 heteroatoms. The van der Waals surface area contributed by atoms with Gasteiger partial charge in [-0.2, -0.15) is 0 Å². The zero-order valence-corrected chi connectivity index (χ0v) is 21.4. The van der Waals surface area contributed by atoms with Crippen molar-refractivity contribution in [3.05, 3.63) is 57.2 Å². The van der Waals surface area contributed by atoms with Gasteiger partial charge in [-0.05, 0) is 38.6 Å². The van der Waals surface area contributed by atoms with Gasteiger partial charge in [0.15, 0.2) is 5.43 Å². The smallest absolute Gasteiger partial charge is 0.306 e. The Labute approximate surface area is 215 Å². The summed E-state index contributed by atoms with van der Waals surface area (Å²) in [4.78, 5) is 27.8. The molecule has 0 saturated carbocycles. The molecule has 0 bridgehead atoms. The van der Waals surface area contributed by atoms with E-state index in [-0.39, 0.29) is 34.2 Å². The number of ether oxygens (including phenoxy) is 1. The van der Waals surface area contributed by atoms with Crippen LogP contribution in [0.15, 0.2) is 45.6 Å². The first kappa shape index (κ1) is 26.0. The number of benzene rings is 2. The van der Waals surface area contributed by atoms with E-state index in [1.54, 1.807) is 24.3 Å². The van der Waals surface area contributed by atoms with Crippen LogP contribution in [-0.2, 0) is 9.53 Å². The lowest BCUT2D eigenvalue weighted by atomic mass is 9.85. The van der Waals surface area contributed by atoms with E-state index < -0.39 is 17.5 Å². The third-order valence-corrected chi connectivity index (χ3v) is 7.12. The second-order valence-corrected chi connectivity index (χ2v) is 9.89. The average Bonchev–Trinajstić information content (AvgIpc) is 2.83. The first-order valence-electron chi connectivity index (χ1n) is 12.5. The molecule has 2 aromatic carbocycles. The summed E-state index contributed by atoms with van der Waals surface area (Å²) < 4.78 is 12.1. The number of carbonyl (C=O) groups excluding carboxylic acids is 1. The van der Waals surface area contributed by atoms with Gasteiger partial charge in [-0.1, -0.05) is 49.9 Å². The zero-order valence-electron chi connectivity index (χ0n) is 20.6. The summed E-state index contributed by atoms with van der Waals surface area (Å²) >= 11 is 6.35. The number of piperidine rings is 1. The molecule has 1 aliphatic heterocycles. The maximum Gasteiger partial charge on any atom is 0.306 e. The average molecular weight is 514 g/mol. The third-order valence-electron chi connectivity index (χ3n) is 6.79. The quantitative estimate of drug-likeness (QED) is 0.289. The Kier molecular flexibility index (Phi) is 8.21. The molecular formula is C28H32ClNO6. The van der Waals surface area contributed by atoms with Crippen molar-refractivity contribution in [3.63, 3.8) is 0 Å². The molecule has 36 heavy (non-hydrogen) atoms. The molecule has 2 N–H and O–H groups in total. The fourth-order valence-corrected chi connectivity index (χ4v) is 5.15. The van der Waals surface area contributed by atoms with Crippen LogP contribution in [0.4, 0.5) is 0 Å². The van der Waals surface area contributed by atoms with Gasteiger partial charge in [0.1, 0.15) is 34.3 Å². The van der Waals surface area contributed by atoms with Crippen molar-refractivity contribution in [3.8, 4) is 22.8 Å². The van der Waals surface area contributed by atoms with Gasteiger partial charge in [-0.25, -0.2) is 0 Å². The van der Waals surface area contributed by atoms with E-state index in [2.05, 4.69) is 11.8 Å². The van der Waals surface area contributed by atoms with E-state index in [1.165, 1.54) is 6.07 Å². The van der Waals surface area contributed by atoms with Crippen molar-refractivity contribution in [1.29, 1.82) is 0 Å². The lowest BCUT2D eigenvalue weighted by Gasteiger charge is -2.36. The minimum absolute atomic E-state index is 0.0258. The molecule has 0 aliphatic carbocycles. The highest BCUT2D eigenvalue weighted by molar-refractivity contribution is 6.33. The number of phenolic OH excluding ortho intramolecular Hbond substituents is 2. The molecule has 3 aromatic rings. The van der Waals surface area contributed by atoms with Crippen molar-refractivity contribution < 1.29 is 24.2 Å². The van der Waals surface area contributed by atoms with Gasteiger partial charge < -0.3 is 24.3 Å². The lowest BCUT2D eigenvalue weighted by Crippen LogP contribution is -2.43. The molecule has 2 atom stereocenters. The van der Waals surface area contributed by atoms with Crippen LogP contribution in [0.5, 0.6) is 11.5 Å². The number of rotatable bonds is 8. The van der Waals surface area contributed by atoms with E-state index in [0.717, 1.165) is 31.7 Å². The van der Waals surface area contributed by atoms with E-state index in [0.29, 0.717) is 42.1 Å². The van der Waals surface area contributed by atoms with E-state index in [4.69, 9.17) is 20.8 Å². The number of likely N-dealkylation sites (N-methyl/N-ethyl adjacent to an activating group) is 1. The number of esters is 1. The predicted molar refractivity (Wildman–Crippen MR) is 140 cm³/mol. The molecule has 0 amide bonds. The normalized spacial score (nSPS) is 18.4. The van der Waals surface area contributed by atoms with Crippen molar-refractivity contribution in [2.24, 2.45) is 0 Å². The van der Waals surface area contributed by atoms with Crippen molar-refractivity contribution in [2.75, 3.05) is 20.1 Å². The SMILES string of the molecule is CCCCCCC(=O)O[C@@H]1CN(C)CC[C@@H]1c1c(O)cc(O)c2c(=O)cc(-c3ccccc3Cl)oc12. The first-order chi connectivity index (χ1) is 17.3. The number of likely N-dealkylation sites (tertiary alicyclic amines) is 1. The summed E-state index contributed by atoms with van der Waals surface area (Å²) in [6.45, 7) is 3.29. The summed E-state index contributed by atoms with van der Waals surface area (Å²) in [5, 5.41) is 21.9. The maximum atomic E-state index is 13.1. The molecule has 0 unspecified atom stereocenters. The molecule has 192 valence electrons. The van der Waals surface area contributed by atoms with E-state index in [1.807, 2.05) is 7.05 Å². The van der Waals surface area contributed by atoms with Gasteiger partial charge in [-0.15, -0.1) is 0 Å². The Morgan fingerprint density at radius 2 is 1.94 bits per heavy atom. The summed E-state index contributed by atoms with van der Waals surface area (Å²) in [6, 6.07) is 9.41. The van der Waals surface area contributed by atoms with Gasteiger partial charge in [0.25, 0.3) is 0 Å². The van der Waals surface area contributed by atoms with Crippen LogP contribution in [0.1, 0.15) is 56.9 Å². The monoisotopic (exact) mass is 513 g/mol. The topological polar surface area (TPSA) is 100 Å². The van der Waals surface area contributed by atoms with Crippen LogP contribution in [0.25, 0.3) is 22.3 Å². The molecule has 4 rings (SSSR count). The number of hydrogen-bond acceptors (Lipinski definition) is 7. The number of hydrogen-bond donors (Lipinski definition) is 2. The number of phenols is 2. The molecule has 1 aliphatic rings. The number of nitrogens with zero attached hydrogens (tertiary/aromatic N) is 1. The Bertz CT molecular complexity index is 1300. The summed E-state index contributed by atoms with van der Waals surface area (Å²) in [5.41, 5.74) is 0.492. The van der Waals surface area contributed by atoms with Crippen LogP contribution in [0.3, 0.4) is 0 Å². The fourth-order valence-electron chi connectivity index (χ4n) is 4.92. The van der Waals surface area contributed by atoms with Gasteiger partial charge in [0.05, 0.1) is 5.02 Å². The van der Waals surface area contributed by atoms with E-state index in [9.17, 15) is 19.8 Å². The van der Waals surface area contributed by atoms with Crippen molar-refractivity contribution in [1.82, 2.24) is 4.90 Å². The minimum atomic E-state index is -0.546. The second-order valence-electron chi connectivity index (χ2n) is 9.48. The van der Waals surface area contributed by atoms with Gasteiger partial charge in [0, 0.05) is 42.1 Å². The number of halogens is 1. The number of unbranched alkanes of at least 4 members (excludes halogenated alkanes) is 3. The molecular weight excluding hydrogens is 482 g/mol. The predicted octanol–water partition coefficient (Wildman–Crippen LogP) is 5.83. The number of fused-ring (bicyclic) bond motifs is 1.